The average molecular weight is 354 g/mol. The zero-order valence-corrected chi connectivity index (χ0v) is 13.9. The molecule has 1 aromatic heterocycles. The van der Waals surface area contributed by atoms with Crippen molar-refractivity contribution >= 4 is 23.7 Å². The smallest absolute Gasteiger partial charge is 0.305 e. The molecule has 0 bridgehead atoms. The molecule has 7 N–H and O–H groups in total. The van der Waals surface area contributed by atoms with Crippen molar-refractivity contribution in [2.45, 2.75) is 37.9 Å². The number of likely N-dealkylation sites (N-methyl/N-ethyl adjacent to an activating group) is 1. The maximum Gasteiger partial charge on any atom is 0.305 e. The Bertz CT molecular complexity index is 617. The fourth-order valence-corrected chi connectivity index (χ4v) is 1.96. The van der Waals surface area contributed by atoms with Gasteiger partial charge in [0.2, 0.25) is 17.7 Å². The number of nitrogens with two attached hydrogens (primary N) is 1. The van der Waals surface area contributed by atoms with Gasteiger partial charge in [-0.2, -0.15) is 0 Å². The average Bonchev–Trinajstić information content (AvgIpc) is 3.05. The first-order valence-electron chi connectivity index (χ1n) is 7.51. The summed E-state index contributed by atoms with van der Waals surface area (Å²) in [7, 11) is 1.44. The molecule has 0 aromatic carbocycles. The summed E-state index contributed by atoms with van der Waals surface area (Å²) in [5.74, 6) is -3.01. The molecule has 1 rings (SSSR count). The topological polar surface area (TPSA) is 179 Å². The van der Waals surface area contributed by atoms with Gasteiger partial charge in [-0.25, -0.2) is 4.98 Å². The van der Waals surface area contributed by atoms with E-state index in [1.807, 2.05) is 0 Å². The quantitative estimate of drug-likeness (QED) is 0.283. The van der Waals surface area contributed by atoms with Gasteiger partial charge in [-0.15, -0.1) is 0 Å². The van der Waals surface area contributed by atoms with Gasteiger partial charge in [-0.3, -0.25) is 19.2 Å². The van der Waals surface area contributed by atoms with Gasteiger partial charge >= 0.3 is 5.97 Å². The largest absolute Gasteiger partial charge is 0.481 e. The van der Waals surface area contributed by atoms with Gasteiger partial charge in [-0.05, 0) is 6.92 Å². The number of hydrogen-bond donors (Lipinski definition) is 6. The van der Waals surface area contributed by atoms with Crippen molar-refractivity contribution in [1.82, 2.24) is 25.9 Å². The fraction of sp³-hybridized carbons (Fsp3) is 0.500. The Morgan fingerprint density at radius 2 is 1.92 bits per heavy atom. The number of rotatable bonds is 9. The summed E-state index contributed by atoms with van der Waals surface area (Å²) in [5.41, 5.74) is 6.08. The van der Waals surface area contributed by atoms with E-state index < -0.39 is 48.2 Å². The Balaban J connectivity index is 2.64. The number of imidazole rings is 1. The molecule has 0 spiro atoms. The lowest BCUT2D eigenvalue weighted by Crippen LogP contribution is -2.55. The van der Waals surface area contributed by atoms with Gasteiger partial charge in [0.05, 0.1) is 18.8 Å². The van der Waals surface area contributed by atoms with Crippen LogP contribution in [0.2, 0.25) is 0 Å². The number of carboxylic acid groups (broad SMARTS) is 1. The molecule has 0 aliphatic carbocycles. The summed E-state index contributed by atoms with van der Waals surface area (Å²) in [4.78, 5) is 53.1. The number of amides is 3. The Morgan fingerprint density at radius 3 is 2.44 bits per heavy atom. The van der Waals surface area contributed by atoms with Crippen LogP contribution in [-0.4, -0.2) is 63.9 Å². The number of H-pyrrole nitrogens is 1. The molecule has 0 unspecified atom stereocenters. The van der Waals surface area contributed by atoms with Gasteiger partial charge < -0.3 is 31.8 Å². The minimum Gasteiger partial charge on any atom is -0.481 e. The molecule has 3 amide bonds. The Hall–Kier alpha value is -2.95. The first-order chi connectivity index (χ1) is 11.7. The van der Waals surface area contributed by atoms with Crippen LogP contribution in [0.15, 0.2) is 12.5 Å². The molecule has 1 aromatic rings. The highest BCUT2D eigenvalue weighted by Gasteiger charge is 2.26. The maximum atomic E-state index is 12.2. The first-order valence-corrected chi connectivity index (χ1v) is 7.51. The Morgan fingerprint density at radius 1 is 1.24 bits per heavy atom. The van der Waals surface area contributed by atoms with E-state index in [9.17, 15) is 19.2 Å². The predicted molar refractivity (Wildman–Crippen MR) is 86.1 cm³/mol. The number of nitrogens with zero attached hydrogens (tertiary/aromatic N) is 1. The van der Waals surface area contributed by atoms with E-state index in [4.69, 9.17) is 10.8 Å². The number of carbonyl (C=O) groups excluding carboxylic acids is 3. The molecule has 11 nitrogen and oxygen atoms in total. The fourth-order valence-electron chi connectivity index (χ4n) is 1.96. The van der Waals surface area contributed by atoms with Crippen LogP contribution in [0, 0.1) is 0 Å². The van der Waals surface area contributed by atoms with Crippen LogP contribution in [0.5, 0.6) is 0 Å². The molecule has 0 saturated carbocycles. The highest BCUT2D eigenvalue weighted by Crippen LogP contribution is 2.00. The van der Waals surface area contributed by atoms with E-state index in [0.29, 0.717) is 5.69 Å². The van der Waals surface area contributed by atoms with Crippen molar-refractivity contribution in [3.05, 3.63) is 18.2 Å². The van der Waals surface area contributed by atoms with Crippen LogP contribution in [0.25, 0.3) is 0 Å². The van der Waals surface area contributed by atoms with Crippen molar-refractivity contribution in [2.24, 2.45) is 5.73 Å². The Labute approximate surface area is 143 Å². The second kappa shape index (κ2) is 9.37. The maximum absolute atomic E-state index is 12.2. The Kier molecular flexibility index (Phi) is 7.53. The molecular weight excluding hydrogens is 332 g/mol. The third-order valence-electron chi connectivity index (χ3n) is 3.34. The number of carboxylic acids is 1. The third-order valence-corrected chi connectivity index (χ3v) is 3.34. The third kappa shape index (κ3) is 6.59. The number of aromatic nitrogens is 2. The molecular formula is C14H22N6O5. The normalized spacial score (nSPS) is 14.0. The van der Waals surface area contributed by atoms with Crippen LogP contribution in [0.1, 0.15) is 19.0 Å². The monoisotopic (exact) mass is 354 g/mol. The van der Waals surface area contributed by atoms with E-state index in [1.54, 1.807) is 0 Å². The standard InChI is InChI=1S/C14H22N6O5/c1-7(19-13(24)9(15)4-11(21)22)12(23)20-10(14(25)16-2)3-8-5-17-6-18-8/h5-7,9-10H,3-4,15H2,1-2H3,(H,16,25)(H,17,18)(H,19,24)(H,20,23)(H,21,22)/t7-,9-,10-/m0/s1. The highest BCUT2D eigenvalue weighted by molar-refractivity contribution is 5.93. The van der Waals surface area contributed by atoms with E-state index >= 15 is 0 Å². The molecule has 0 radical (unpaired) electrons. The second-order valence-corrected chi connectivity index (χ2v) is 5.39. The lowest BCUT2D eigenvalue weighted by molar-refractivity contribution is -0.139. The molecule has 0 fully saturated rings. The molecule has 3 atom stereocenters. The molecule has 0 saturated heterocycles. The van der Waals surface area contributed by atoms with Crippen molar-refractivity contribution in [2.75, 3.05) is 7.05 Å². The summed E-state index contributed by atoms with van der Waals surface area (Å²) >= 11 is 0. The summed E-state index contributed by atoms with van der Waals surface area (Å²) in [6.07, 6.45) is 2.61. The number of carbonyl (C=O) groups is 4. The number of aliphatic carboxylic acids is 1. The first kappa shape index (κ1) is 20.1. The van der Waals surface area contributed by atoms with E-state index in [-0.39, 0.29) is 6.42 Å². The second-order valence-electron chi connectivity index (χ2n) is 5.39. The van der Waals surface area contributed by atoms with E-state index in [2.05, 4.69) is 25.9 Å². The van der Waals surface area contributed by atoms with Crippen LogP contribution < -0.4 is 21.7 Å². The molecule has 11 heteroatoms. The van der Waals surface area contributed by atoms with Gasteiger partial charge in [0, 0.05) is 25.4 Å². The van der Waals surface area contributed by atoms with Crippen LogP contribution in [0.3, 0.4) is 0 Å². The van der Waals surface area contributed by atoms with Crippen molar-refractivity contribution in [3.8, 4) is 0 Å². The van der Waals surface area contributed by atoms with E-state index in [1.165, 1.54) is 26.5 Å². The van der Waals surface area contributed by atoms with Gasteiger partial charge in [0.1, 0.15) is 12.1 Å². The minimum absolute atomic E-state index is 0.185. The van der Waals surface area contributed by atoms with Crippen molar-refractivity contribution in [3.63, 3.8) is 0 Å². The lowest BCUT2D eigenvalue weighted by atomic mass is 10.1. The van der Waals surface area contributed by atoms with Crippen molar-refractivity contribution < 1.29 is 24.3 Å². The summed E-state index contributed by atoms with van der Waals surface area (Å²) in [5, 5.41) is 15.9. The highest BCUT2D eigenvalue weighted by atomic mass is 16.4. The molecule has 1 heterocycles. The summed E-state index contributed by atoms with van der Waals surface area (Å²) in [6, 6.07) is -3.14. The van der Waals surface area contributed by atoms with Crippen LogP contribution in [0.4, 0.5) is 0 Å². The minimum atomic E-state index is -1.27. The van der Waals surface area contributed by atoms with Crippen LogP contribution >= 0.6 is 0 Å². The molecule has 25 heavy (non-hydrogen) atoms. The number of aromatic amines is 1. The van der Waals surface area contributed by atoms with Gasteiger partial charge in [0.15, 0.2) is 0 Å². The zero-order valence-electron chi connectivity index (χ0n) is 13.9. The van der Waals surface area contributed by atoms with Gasteiger partial charge in [0.25, 0.3) is 0 Å². The van der Waals surface area contributed by atoms with Crippen molar-refractivity contribution in [1.29, 1.82) is 0 Å². The zero-order chi connectivity index (χ0) is 19.0. The number of nitrogens with one attached hydrogen (secondary N) is 4. The molecule has 0 aliphatic heterocycles. The predicted octanol–water partition coefficient (Wildman–Crippen LogP) is -2.51. The van der Waals surface area contributed by atoms with Crippen LogP contribution in [-0.2, 0) is 25.6 Å². The van der Waals surface area contributed by atoms with E-state index in [0.717, 1.165) is 0 Å². The lowest BCUT2D eigenvalue weighted by Gasteiger charge is -2.21. The SMILES string of the molecule is CNC(=O)[C@H](Cc1cnc[nH]1)NC(=O)[C@H](C)NC(=O)[C@@H](N)CC(=O)O. The summed E-state index contributed by atoms with van der Waals surface area (Å²) in [6.45, 7) is 1.40. The number of hydrogen-bond acceptors (Lipinski definition) is 6. The molecule has 138 valence electrons. The molecule has 0 aliphatic rings. The van der Waals surface area contributed by atoms with Gasteiger partial charge in [-0.1, -0.05) is 0 Å². The summed E-state index contributed by atoms with van der Waals surface area (Å²) < 4.78 is 0.